The first-order chi connectivity index (χ1) is 7.77. The minimum absolute atomic E-state index is 0.221. The summed E-state index contributed by atoms with van der Waals surface area (Å²) in [5.74, 6) is 0.459. The van der Waals surface area contributed by atoms with Crippen LogP contribution in [0.5, 0.6) is 0 Å². The maximum Gasteiger partial charge on any atom is 0.130 e. The third-order valence-corrected chi connectivity index (χ3v) is 3.57. The van der Waals surface area contributed by atoms with E-state index < -0.39 is 0 Å². The van der Waals surface area contributed by atoms with Crippen molar-refractivity contribution in [2.45, 2.75) is 19.3 Å². The van der Waals surface area contributed by atoms with Crippen LogP contribution in [0.1, 0.15) is 29.7 Å². The lowest BCUT2D eigenvalue weighted by molar-refractivity contribution is -0.117. The van der Waals surface area contributed by atoms with Gasteiger partial charge in [0.2, 0.25) is 0 Å². The number of Topliss-reactive ketones (excluding diaryl/α,β-unsaturated/α-hetero) is 1. The fraction of sp³-hybridized carbons (Fsp3) is 0.214. The molecule has 0 radical (unpaired) electrons. The summed E-state index contributed by atoms with van der Waals surface area (Å²) in [7, 11) is 0. The molecular weight excluding hydrogens is 216 g/mol. The van der Waals surface area contributed by atoms with Crippen molar-refractivity contribution >= 4 is 17.1 Å². The van der Waals surface area contributed by atoms with Crippen molar-refractivity contribution in [3.8, 4) is 0 Å². The van der Waals surface area contributed by atoms with Gasteiger partial charge in [0.1, 0.15) is 5.78 Å². The van der Waals surface area contributed by atoms with Gasteiger partial charge < -0.3 is 0 Å². The van der Waals surface area contributed by atoms with Gasteiger partial charge in [0.25, 0.3) is 0 Å². The minimum atomic E-state index is 0.221. The van der Waals surface area contributed by atoms with Gasteiger partial charge in [-0.1, -0.05) is 36.4 Å². The number of carbonyl (C=O) groups excluding carboxylic acids is 1. The summed E-state index contributed by atoms with van der Waals surface area (Å²) >= 11 is 1.72. The summed E-state index contributed by atoms with van der Waals surface area (Å²) in [5.41, 5.74) is 1.22. The monoisotopic (exact) mass is 230 g/mol. The van der Waals surface area contributed by atoms with E-state index in [2.05, 4.69) is 23.6 Å². The van der Waals surface area contributed by atoms with Crippen molar-refractivity contribution in [1.29, 1.82) is 0 Å². The summed E-state index contributed by atoms with van der Waals surface area (Å²) in [6.45, 7) is 1.66. The Hall–Kier alpha value is -1.41. The smallest absolute Gasteiger partial charge is 0.130 e. The van der Waals surface area contributed by atoms with Crippen molar-refractivity contribution in [2.24, 2.45) is 0 Å². The Balaban J connectivity index is 2.32. The van der Waals surface area contributed by atoms with E-state index in [1.54, 1.807) is 18.3 Å². The molecule has 0 fully saturated rings. The van der Waals surface area contributed by atoms with Crippen LogP contribution in [0.3, 0.4) is 0 Å². The van der Waals surface area contributed by atoms with Crippen molar-refractivity contribution < 1.29 is 4.79 Å². The Bertz CT molecular complexity index is 445. The minimum Gasteiger partial charge on any atom is -0.300 e. The molecule has 82 valence electrons. The zero-order valence-electron chi connectivity index (χ0n) is 9.22. The zero-order chi connectivity index (χ0) is 11.4. The second-order valence-corrected chi connectivity index (χ2v) is 4.86. The van der Waals surface area contributed by atoms with Crippen LogP contribution in [0.25, 0.3) is 0 Å². The van der Waals surface area contributed by atoms with E-state index in [-0.39, 0.29) is 11.7 Å². The molecule has 1 heterocycles. The third-order valence-electron chi connectivity index (χ3n) is 2.58. The number of hydrogen-bond donors (Lipinski definition) is 0. The van der Waals surface area contributed by atoms with Crippen LogP contribution in [-0.4, -0.2) is 5.78 Å². The molecule has 1 unspecified atom stereocenters. The molecule has 1 aromatic carbocycles. The SMILES string of the molecule is CC(=O)CC(c1ccccc1)c1cccs1. The van der Waals surface area contributed by atoms with Gasteiger partial charge in [-0.3, -0.25) is 4.79 Å². The molecule has 0 aliphatic heterocycles. The molecular formula is C14H14OS. The molecule has 0 aliphatic carbocycles. The van der Waals surface area contributed by atoms with E-state index in [0.717, 1.165) is 0 Å². The fourth-order valence-electron chi connectivity index (χ4n) is 1.85. The lowest BCUT2D eigenvalue weighted by Crippen LogP contribution is -2.04. The Morgan fingerprint density at radius 1 is 1.19 bits per heavy atom. The highest BCUT2D eigenvalue weighted by molar-refractivity contribution is 7.10. The summed E-state index contributed by atoms with van der Waals surface area (Å²) in [6, 6.07) is 14.4. The third kappa shape index (κ3) is 2.58. The van der Waals surface area contributed by atoms with Crippen LogP contribution in [0, 0.1) is 0 Å². The second-order valence-electron chi connectivity index (χ2n) is 3.88. The van der Waals surface area contributed by atoms with E-state index in [1.807, 2.05) is 24.3 Å². The van der Waals surface area contributed by atoms with Crippen LogP contribution >= 0.6 is 11.3 Å². The van der Waals surface area contributed by atoms with Gasteiger partial charge in [0.05, 0.1) is 0 Å². The number of ketones is 1. The van der Waals surface area contributed by atoms with E-state index in [1.165, 1.54) is 10.4 Å². The summed E-state index contributed by atoms with van der Waals surface area (Å²) < 4.78 is 0. The highest BCUT2D eigenvalue weighted by Crippen LogP contribution is 2.31. The van der Waals surface area contributed by atoms with Gasteiger partial charge in [-0.15, -0.1) is 11.3 Å². The first-order valence-electron chi connectivity index (χ1n) is 5.35. The van der Waals surface area contributed by atoms with Gasteiger partial charge in [-0.25, -0.2) is 0 Å². The number of thiophene rings is 1. The first-order valence-corrected chi connectivity index (χ1v) is 6.23. The summed E-state index contributed by atoms with van der Waals surface area (Å²) in [6.07, 6.45) is 0.588. The van der Waals surface area contributed by atoms with Crippen LogP contribution in [-0.2, 0) is 4.79 Å². The molecule has 1 atom stereocenters. The van der Waals surface area contributed by atoms with Gasteiger partial charge >= 0.3 is 0 Å². The second kappa shape index (κ2) is 5.08. The molecule has 2 heteroatoms. The van der Waals surface area contributed by atoms with Crippen molar-refractivity contribution in [3.05, 3.63) is 58.3 Å². The summed E-state index contributed by atoms with van der Waals surface area (Å²) in [5, 5.41) is 2.06. The molecule has 0 aliphatic rings. The fourth-order valence-corrected chi connectivity index (χ4v) is 2.70. The quantitative estimate of drug-likeness (QED) is 0.779. The largest absolute Gasteiger partial charge is 0.300 e. The van der Waals surface area contributed by atoms with Gasteiger partial charge in [-0.05, 0) is 23.9 Å². The predicted octanol–water partition coefficient (Wildman–Crippen LogP) is 3.86. The molecule has 2 rings (SSSR count). The molecule has 1 aromatic heterocycles. The van der Waals surface area contributed by atoms with E-state index >= 15 is 0 Å². The molecule has 0 spiro atoms. The molecule has 16 heavy (non-hydrogen) atoms. The Labute approximate surface area is 99.8 Å². The van der Waals surface area contributed by atoms with Crippen molar-refractivity contribution in [1.82, 2.24) is 0 Å². The average molecular weight is 230 g/mol. The molecule has 0 saturated heterocycles. The van der Waals surface area contributed by atoms with Crippen molar-refractivity contribution in [2.75, 3.05) is 0 Å². The normalized spacial score (nSPS) is 12.3. The molecule has 2 aromatic rings. The Morgan fingerprint density at radius 2 is 1.94 bits per heavy atom. The molecule has 0 amide bonds. The Morgan fingerprint density at radius 3 is 2.50 bits per heavy atom. The van der Waals surface area contributed by atoms with Gasteiger partial charge in [-0.2, -0.15) is 0 Å². The number of rotatable bonds is 4. The topological polar surface area (TPSA) is 17.1 Å². The number of carbonyl (C=O) groups is 1. The van der Waals surface area contributed by atoms with E-state index in [9.17, 15) is 4.79 Å². The number of benzene rings is 1. The predicted molar refractivity (Wildman–Crippen MR) is 67.9 cm³/mol. The van der Waals surface area contributed by atoms with Crippen LogP contribution in [0.15, 0.2) is 47.8 Å². The van der Waals surface area contributed by atoms with Gasteiger partial charge in [0, 0.05) is 17.2 Å². The highest BCUT2D eigenvalue weighted by Gasteiger charge is 2.16. The maximum absolute atomic E-state index is 11.3. The molecule has 0 saturated carbocycles. The zero-order valence-corrected chi connectivity index (χ0v) is 10.0. The van der Waals surface area contributed by atoms with Gasteiger partial charge in [0.15, 0.2) is 0 Å². The average Bonchev–Trinajstić information content (AvgIpc) is 2.80. The van der Waals surface area contributed by atoms with Crippen LogP contribution < -0.4 is 0 Å². The molecule has 0 bridgehead atoms. The van der Waals surface area contributed by atoms with Crippen LogP contribution in [0.4, 0.5) is 0 Å². The standard InChI is InChI=1S/C14H14OS/c1-11(15)10-13(14-8-5-9-16-14)12-6-3-2-4-7-12/h2-9,13H,10H2,1H3. The number of hydrogen-bond acceptors (Lipinski definition) is 2. The van der Waals surface area contributed by atoms with Crippen LogP contribution in [0.2, 0.25) is 0 Å². The van der Waals surface area contributed by atoms with Crippen molar-refractivity contribution in [3.63, 3.8) is 0 Å². The maximum atomic E-state index is 11.3. The highest BCUT2D eigenvalue weighted by atomic mass is 32.1. The first kappa shape index (κ1) is 11.1. The summed E-state index contributed by atoms with van der Waals surface area (Å²) in [4.78, 5) is 12.6. The molecule has 0 N–H and O–H groups in total. The van der Waals surface area contributed by atoms with E-state index in [0.29, 0.717) is 6.42 Å². The lowest BCUT2D eigenvalue weighted by atomic mass is 9.93. The lowest BCUT2D eigenvalue weighted by Gasteiger charge is -2.14. The Kier molecular flexibility index (Phi) is 3.52. The molecule has 1 nitrogen and oxygen atoms in total. The van der Waals surface area contributed by atoms with E-state index in [4.69, 9.17) is 0 Å².